The SMILES string of the molecule is CC1(C)CC(=O)C2=C(C1)Nc1nc3ccccc3n1C2c1ccc(Cl)cc1Cl. The molecule has 1 aromatic heterocycles. The van der Waals surface area contributed by atoms with Gasteiger partial charge in [0.2, 0.25) is 5.95 Å². The predicted octanol–water partition coefficient (Wildman–Crippen LogP) is 6.00. The third kappa shape index (κ3) is 2.66. The number of anilines is 1. The number of imidazole rings is 1. The molecule has 1 atom stereocenters. The van der Waals surface area contributed by atoms with Crippen molar-refractivity contribution >= 4 is 46.0 Å². The highest BCUT2D eigenvalue weighted by Gasteiger charge is 2.42. The maximum absolute atomic E-state index is 13.3. The van der Waals surface area contributed by atoms with E-state index >= 15 is 0 Å². The second-order valence-electron chi connectivity index (χ2n) is 8.32. The molecule has 5 rings (SSSR count). The second-order valence-corrected chi connectivity index (χ2v) is 9.16. The lowest BCUT2D eigenvalue weighted by Gasteiger charge is -2.39. The van der Waals surface area contributed by atoms with E-state index in [9.17, 15) is 4.79 Å². The summed E-state index contributed by atoms with van der Waals surface area (Å²) in [6.07, 6.45) is 1.30. The Labute approximate surface area is 173 Å². The Hall–Kier alpha value is -2.30. The van der Waals surface area contributed by atoms with Gasteiger partial charge in [0.05, 0.1) is 17.1 Å². The lowest BCUT2D eigenvalue weighted by atomic mass is 9.73. The Morgan fingerprint density at radius 3 is 2.71 bits per heavy atom. The summed E-state index contributed by atoms with van der Waals surface area (Å²) in [5.41, 5.74) is 4.33. The molecule has 0 spiro atoms. The Morgan fingerprint density at radius 1 is 1.14 bits per heavy atom. The normalized spacial score (nSPS) is 20.7. The number of hydrogen-bond donors (Lipinski definition) is 1. The van der Waals surface area contributed by atoms with Crippen LogP contribution in [0, 0.1) is 5.41 Å². The van der Waals surface area contributed by atoms with Gasteiger partial charge in [-0.25, -0.2) is 4.98 Å². The summed E-state index contributed by atoms with van der Waals surface area (Å²) in [4.78, 5) is 18.1. The van der Waals surface area contributed by atoms with Gasteiger partial charge < -0.3 is 5.32 Å². The van der Waals surface area contributed by atoms with Crippen LogP contribution >= 0.6 is 23.2 Å². The molecule has 1 aliphatic carbocycles. The molecule has 1 N–H and O–H groups in total. The fraction of sp³-hybridized carbons (Fsp3) is 0.273. The molecule has 1 unspecified atom stereocenters. The van der Waals surface area contributed by atoms with Crippen molar-refractivity contribution in [3.63, 3.8) is 0 Å². The van der Waals surface area contributed by atoms with Crippen LogP contribution in [0.1, 0.15) is 38.3 Å². The van der Waals surface area contributed by atoms with Gasteiger partial charge in [-0.2, -0.15) is 0 Å². The van der Waals surface area contributed by atoms with Crippen molar-refractivity contribution in [2.75, 3.05) is 5.32 Å². The maximum atomic E-state index is 13.3. The van der Waals surface area contributed by atoms with Gasteiger partial charge in [0.25, 0.3) is 0 Å². The van der Waals surface area contributed by atoms with Crippen molar-refractivity contribution in [2.45, 2.75) is 32.7 Å². The van der Waals surface area contributed by atoms with Crippen LogP contribution in [0.2, 0.25) is 10.0 Å². The number of nitrogens with zero attached hydrogens (tertiary/aromatic N) is 2. The highest BCUT2D eigenvalue weighted by Crippen LogP contribution is 2.48. The van der Waals surface area contributed by atoms with Crippen molar-refractivity contribution in [3.8, 4) is 0 Å². The minimum atomic E-state index is -0.327. The molecule has 0 bridgehead atoms. The summed E-state index contributed by atoms with van der Waals surface area (Å²) < 4.78 is 2.08. The minimum absolute atomic E-state index is 0.0918. The first-order chi connectivity index (χ1) is 13.3. The molecule has 28 heavy (non-hydrogen) atoms. The fourth-order valence-electron chi connectivity index (χ4n) is 4.44. The van der Waals surface area contributed by atoms with E-state index < -0.39 is 0 Å². The molecule has 0 saturated carbocycles. The number of nitrogens with one attached hydrogen (secondary N) is 1. The van der Waals surface area contributed by atoms with Crippen LogP contribution in [-0.2, 0) is 4.79 Å². The van der Waals surface area contributed by atoms with Crippen LogP contribution in [-0.4, -0.2) is 15.3 Å². The maximum Gasteiger partial charge on any atom is 0.209 e. The number of carbonyl (C=O) groups excluding carboxylic acids is 1. The number of Topliss-reactive ketones (excluding diaryl/α,β-unsaturated/α-hetero) is 1. The zero-order chi connectivity index (χ0) is 19.6. The van der Waals surface area contributed by atoms with E-state index in [1.807, 2.05) is 36.4 Å². The number of hydrogen-bond acceptors (Lipinski definition) is 3. The highest BCUT2D eigenvalue weighted by molar-refractivity contribution is 6.35. The van der Waals surface area contributed by atoms with Gasteiger partial charge in [0.15, 0.2) is 5.78 Å². The summed E-state index contributed by atoms with van der Waals surface area (Å²) in [5.74, 6) is 0.889. The van der Waals surface area contributed by atoms with Crippen LogP contribution in [0.4, 0.5) is 5.95 Å². The molecule has 0 radical (unpaired) electrons. The van der Waals surface area contributed by atoms with Gasteiger partial charge in [-0.15, -0.1) is 0 Å². The zero-order valence-electron chi connectivity index (χ0n) is 15.6. The van der Waals surface area contributed by atoms with Crippen LogP contribution in [0.15, 0.2) is 53.7 Å². The van der Waals surface area contributed by atoms with Crippen LogP contribution in [0.5, 0.6) is 0 Å². The monoisotopic (exact) mass is 411 g/mol. The third-order valence-corrected chi connectivity index (χ3v) is 6.13. The van der Waals surface area contributed by atoms with Crippen molar-refractivity contribution in [3.05, 3.63) is 69.3 Å². The molecular weight excluding hydrogens is 393 g/mol. The quantitative estimate of drug-likeness (QED) is 0.533. The first-order valence-electron chi connectivity index (χ1n) is 9.29. The molecule has 2 heterocycles. The van der Waals surface area contributed by atoms with Gasteiger partial charge in [-0.05, 0) is 41.7 Å². The smallest absolute Gasteiger partial charge is 0.209 e. The molecule has 0 fully saturated rings. The summed E-state index contributed by atoms with van der Waals surface area (Å²) in [6.45, 7) is 4.25. The molecule has 2 aliphatic rings. The molecule has 3 aromatic rings. The van der Waals surface area contributed by atoms with E-state index in [1.54, 1.807) is 6.07 Å². The van der Waals surface area contributed by atoms with E-state index in [4.69, 9.17) is 28.2 Å². The van der Waals surface area contributed by atoms with E-state index in [0.717, 1.165) is 40.2 Å². The van der Waals surface area contributed by atoms with Gasteiger partial charge >= 0.3 is 0 Å². The molecule has 142 valence electrons. The summed E-state index contributed by atoms with van der Waals surface area (Å²) in [6, 6.07) is 13.1. The Kier molecular flexibility index (Phi) is 3.87. The van der Waals surface area contributed by atoms with Crippen molar-refractivity contribution in [2.24, 2.45) is 5.41 Å². The highest BCUT2D eigenvalue weighted by atomic mass is 35.5. The van der Waals surface area contributed by atoms with E-state index in [2.05, 4.69) is 23.7 Å². The first-order valence-corrected chi connectivity index (χ1v) is 10.0. The van der Waals surface area contributed by atoms with Crippen LogP contribution < -0.4 is 5.32 Å². The average molecular weight is 412 g/mol. The molecule has 1 aliphatic heterocycles. The Balaban J connectivity index is 1.82. The van der Waals surface area contributed by atoms with Gasteiger partial charge in [0, 0.05) is 27.7 Å². The molecule has 4 nitrogen and oxygen atoms in total. The Morgan fingerprint density at radius 2 is 1.93 bits per heavy atom. The number of ketones is 1. The van der Waals surface area contributed by atoms with Crippen LogP contribution in [0.3, 0.4) is 0 Å². The number of benzene rings is 2. The third-order valence-electron chi connectivity index (χ3n) is 5.57. The van der Waals surface area contributed by atoms with Crippen LogP contribution in [0.25, 0.3) is 11.0 Å². The zero-order valence-corrected chi connectivity index (χ0v) is 17.1. The number of aromatic nitrogens is 2. The van der Waals surface area contributed by atoms with Crippen molar-refractivity contribution in [1.82, 2.24) is 9.55 Å². The summed E-state index contributed by atoms with van der Waals surface area (Å²) in [5, 5.41) is 4.57. The Bertz CT molecular complexity index is 1180. The lowest BCUT2D eigenvalue weighted by Crippen LogP contribution is -2.36. The van der Waals surface area contributed by atoms with Gasteiger partial charge in [-0.3, -0.25) is 9.36 Å². The summed E-state index contributed by atoms with van der Waals surface area (Å²) in [7, 11) is 0. The van der Waals surface area contributed by atoms with E-state index in [1.165, 1.54) is 0 Å². The van der Waals surface area contributed by atoms with E-state index in [0.29, 0.717) is 16.5 Å². The molecule has 6 heteroatoms. The number of halogens is 2. The number of carbonyl (C=O) groups is 1. The topological polar surface area (TPSA) is 46.9 Å². The number of allylic oxidation sites excluding steroid dienone is 2. The lowest BCUT2D eigenvalue weighted by molar-refractivity contribution is -0.118. The predicted molar refractivity (Wildman–Crippen MR) is 113 cm³/mol. The number of para-hydroxylation sites is 2. The second kappa shape index (κ2) is 6.10. The number of fused-ring (bicyclic) bond motifs is 3. The molecule has 2 aromatic carbocycles. The van der Waals surface area contributed by atoms with E-state index in [-0.39, 0.29) is 17.2 Å². The first kappa shape index (κ1) is 17.8. The fourth-order valence-corrected chi connectivity index (χ4v) is 4.95. The average Bonchev–Trinajstić information content (AvgIpc) is 2.97. The van der Waals surface area contributed by atoms with Crippen molar-refractivity contribution < 1.29 is 4.79 Å². The molecular formula is C22H19Cl2N3O. The van der Waals surface area contributed by atoms with Crippen molar-refractivity contribution in [1.29, 1.82) is 0 Å². The largest absolute Gasteiger partial charge is 0.329 e. The van der Waals surface area contributed by atoms with Gasteiger partial charge in [0.1, 0.15) is 0 Å². The standard InChI is InChI=1S/C22H19Cl2N3O/c1-22(2)10-16-19(18(28)11-22)20(13-8-7-12(23)9-14(13)24)27-17-6-4-3-5-15(17)25-21(27)26-16/h3-9,20H,10-11H2,1-2H3,(H,25,26). The van der Waals surface area contributed by atoms with Gasteiger partial charge in [-0.1, -0.05) is 55.2 Å². The number of rotatable bonds is 1. The molecule has 0 amide bonds. The minimum Gasteiger partial charge on any atom is -0.329 e. The summed E-state index contributed by atoms with van der Waals surface area (Å²) >= 11 is 12.7. The molecule has 0 saturated heterocycles.